The van der Waals surface area contributed by atoms with Crippen LogP contribution in [0.2, 0.25) is 0 Å². The third-order valence-electron chi connectivity index (χ3n) is 5.79. The molecule has 2 heterocycles. The van der Waals surface area contributed by atoms with Crippen molar-refractivity contribution in [3.8, 4) is 0 Å². The van der Waals surface area contributed by atoms with Gasteiger partial charge in [-0.1, -0.05) is 12.1 Å². The number of hydrogen-bond donors (Lipinski definition) is 3. The molecule has 0 aliphatic heterocycles. The van der Waals surface area contributed by atoms with Crippen molar-refractivity contribution in [3.63, 3.8) is 0 Å². The Kier molecular flexibility index (Phi) is 9.78. The smallest absolute Gasteiger partial charge is 0.393 e. The van der Waals surface area contributed by atoms with Gasteiger partial charge >= 0.3 is 12.1 Å². The van der Waals surface area contributed by atoms with Crippen LogP contribution >= 0.6 is 0 Å². The lowest BCUT2D eigenvalue weighted by molar-refractivity contribution is -0.155. The standard InChI is InChI=1S/C28H36F3N7O2/c1-6-38(7-2)26-34-17-19(16-28(29,30)31)23(37-26)36-22(25(39)40-27(3,4)5)15-18-10-12-20(13-11-18)35-24-21(32)9-8-14-33-24/h8-14,17,22H,6-7,15-16,32H2,1-5H3,(H,33,35)(H,34,36,37). The molecule has 0 fully saturated rings. The van der Waals surface area contributed by atoms with Gasteiger partial charge in [0.2, 0.25) is 5.95 Å². The number of hydrogen-bond acceptors (Lipinski definition) is 9. The molecule has 0 spiro atoms. The van der Waals surface area contributed by atoms with Gasteiger partial charge in [-0.05, 0) is 64.4 Å². The minimum atomic E-state index is -4.49. The highest BCUT2D eigenvalue weighted by Crippen LogP contribution is 2.28. The molecule has 0 amide bonds. The van der Waals surface area contributed by atoms with Gasteiger partial charge in [0, 0.05) is 43.2 Å². The van der Waals surface area contributed by atoms with Crippen LogP contribution in [0.25, 0.3) is 0 Å². The fourth-order valence-electron chi connectivity index (χ4n) is 3.88. The average molecular weight is 560 g/mol. The molecular weight excluding hydrogens is 523 g/mol. The largest absolute Gasteiger partial charge is 0.458 e. The van der Waals surface area contributed by atoms with Gasteiger partial charge in [-0.2, -0.15) is 18.2 Å². The first kappa shape index (κ1) is 30.5. The average Bonchev–Trinajstić information content (AvgIpc) is 2.86. The van der Waals surface area contributed by atoms with E-state index in [-0.39, 0.29) is 23.8 Å². The number of carbonyl (C=O) groups is 1. The minimum Gasteiger partial charge on any atom is -0.458 e. The minimum absolute atomic E-state index is 0.0611. The fraction of sp³-hybridized carbons (Fsp3) is 0.429. The van der Waals surface area contributed by atoms with Crippen LogP contribution in [-0.4, -0.2) is 51.8 Å². The molecule has 40 heavy (non-hydrogen) atoms. The van der Waals surface area contributed by atoms with Gasteiger partial charge in [0.25, 0.3) is 0 Å². The summed E-state index contributed by atoms with van der Waals surface area (Å²) in [6.45, 7) is 10.1. The maximum atomic E-state index is 13.4. The highest BCUT2D eigenvalue weighted by molar-refractivity contribution is 5.80. The summed E-state index contributed by atoms with van der Waals surface area (Å²) in [5.41, 5.74) is 6.95. The number of nitrogens with one attached hydrogen (secondary N) is 2. The molecular formula is C28H36F3N7O2. The van der Waals surface area contributed by atoms with Crippen molar-refractivity contribution < 1.29 is 22.7 Å². The number of nitrogen functional groups attached to an aromatic ring is 1. The third-order valence-corrected chi connectivity index (χ3v) is 5.79. The van der Waals surface area contributed by atoms with E-state index in [1.165, 1.54) is 0 Å². The van der Waals surface area contributed by atoms with E-state index in [1.54, 1.807) is 63.4 Å². The zero-order chi connectivity index (χ0) is 29.5. The second kappa shape index (κ2) is 12.8. The molecule has 9 nitrogen and oxygen atoms in total. The number of pyridine rings is 1. The van der Waals surface area contributed by atoms with Gasteiger partial charge in [-0.15, -0.1) is 0 Å². The lowest BCUT2D eigenvalue weighted by atomic mass is 10.0. The number of ether oxygens (including phenoxy) is 1. The second-order valence-corrected chi connectivity index (χ2v) is 10.2. The van der Waals surface area contributed by atoms with E-state index >= 15 is 0 Å². The summed E-state index contributed by atoms with van der Waals surface area (Å²) >= 11 is 0. The molecule has 3 rings (SSSR count). The predicted molar refractivity (Wildman–Crippen MR) is 151 cm³/mol. The number of aromatic nitrogens is 3. The quantitative estimate of drug-likeness (QED) is 0.261. The van der Waals surface area contributed by atoms with Crippen molar-refractivity contribution in [2.75, 3.05) is 34.4 Å². The molecule has 12 heteroatoms. The Bertz CT molecular complexity index is 1270. The molecule has 0 bridgehead atoms. The maximum absolute atomic E-state index is 13.4. The number of nitrogens with zero attached hydrogens (tertiary/aromatic N) is 4. The number of esters is 1. The predicted octanol–water partition coefficient (Wildman–Crippen LogP) is 5.51. The Balaban J connectivity index is 1.92. The summed E-state index contributed by atoms with van der Waals surface area (Å²) in [5.74, 6) is 0.102. The topological polar surface area (TPSA) is 118 Å². The van der Waals surface area contributed by atoms with Crippen LogP contribution in [0, 0.1) is 0 Å². The van der Waals surface area contributed by atoms with Gasteiger partial charge in [0.05, 0.1) is 12.1 Å². The summed E-state index contributed by atoms with van der Waals surface area (Å²) in [6.07, 6.45) is -2.82. The van der Waals surface area contributed by atoms with Crippen molar-refractivity contribution in [3.05, 3.63) is 59.9 Å². The molecule has 3 aromatic rings. The zero-order valence-electron chi connectivity index (χ0n) is 23.3. The monoisotopic (exact) mass is 559 g/mol. The summed E-state index contributed by atoms with van der Waals surface area (Å²) in [7, 11) is 0. The molecule has 0 saturated heterocycles. The Labute approximate surface area is 232 Å². The van der Waals surface area contributed by atoms with Crippen LogP contribution in [0.1, 0.15) is 45.7 Å². The van der Waals surface area contributed by atoms with Crippen molar-refractivity contribution >= 4 is 34.9 Å². The lowest BCUT2D eigenvalue weighted by Gasteiger charge is -2.26. The van der Waals surface area contributed by atoms with E-state index < -0.39 is 30.2 Å². The highest BCUT2D eigenvalue weighted by Gasteiger charge is 2.32. The van der Waals surface area contributed by atoms with Gasteiger partial charge in [0.15, 0.2) is 5.82 Å². The first-order valence-electron chi connectivity index (χ1n) is 13.0. The molecule has 0 saturated carbocycles. The van der Waals surface area contributed by atoms with Gasteiger partial charge < -0.3 is 26.0 Å². The molecule has 0 radical (unpaired) electrons. The number of halogens is 3. The van der Waals surface area contributed by atoms with E-state index in [9.17, 15) is 18.0 Å². The molecule has 1 unspecified atom stereocenters. The number of carbonyl (C=O) groups excluding carboxylic acids is 1. The van der Waals surface area contributed by atoms with Crippen molar-refractivity contribution in [1.29, 1.82) is 0 Å². The second-order valence-electron chi connectivity index (χ2n) is 10.2. The van der Waals surface area contributed by atoms with Crippen molar-refractivity contribution in [2.24, 2.45) is 0 Å². The van der Waals surface area contributed by atoms with Gasteiger partial charge in [-0.3, -0.25) is 0 Å². The van der Waals surface area contributed by atoms with E-state index in [1.807, 2.05) is 18.7 Å². The Morgan fingerprint density at radius 3 is 2.30 bits per heavy atom. The molecule has 1 aromatic carbocycles. The fourth-order valence-corrected chi connectivity index (χ4v) is 3.88. The summed E-state index contributed by atoms with van der Waals surface area (Å²) in [5, 5.41) is 6.08. The first-order chi connectivity index (χ1) is 18.8. The van der Waals surface area contributed by atoms with E-state index in [2.05, 4.69) is 25.6 Å². The number of anilines is 5. The van der Waals surface area contributed by atoms with Gasteiger partial charge in [0.1, 0.15) is 17.5 Å². The number of rotatable bonds is 11. The molecule has 4 N–H and O–H groups in total. The Morgan fingerprint density at radius 2 is 1.73 bits per heavy atom. The molecule has 216 valence electrons. The van der Waals surface area contributed by atoms with Crippen LogP contribution in [0.4, 0.5) is 42.1 Å². The number of nitrogens with two attached hydrogens (primary N) is 1. The van der Waals surface area contributed by atoms with Crippen LogP contribution < -0.4 is 21.3 Å². The highest BCUT2D eigenvalue weighted by atomic mass is 19.4. The summed E-state index contributed by atoms with van der Waals surface area (Å²) in [6, 6.07) is 9.65. The third kappa shape index (κ3) is 8.99. The first-order valence-corrected chi connectivity index (χ1v) is 13.0. The van der Waals surface area contributed by atoms with Gasteiger partial charge in [-0.25, -0.2) is 14.8 Å². The van der Waals surface area contributed by atoms with Crippen LogP contribution in [0.5, 0.6) is 0 Å². The van der Waals surface area contributed by atoms with Crippen molar-refractivity contribution in [2.45, 2.75) is 65.3 Å². The SMILES string of the molecule is CCN(CC)c1ncc(CC(F)(F)F)c(NC(Cc2ccc(Nc3ncccc3N)cc2)C(=O)OC(C)(C)C)n1. The zero-order valence-corrected chi connectivity index (χ0v) is 23.3. The normalized spacial score (nSPS) is 12.5. The van der Waals surface area contributed by atoms with E-state index in [0.29, 0.717) is 24.6 Å². The van der Waals surface area contributed by atoms with E-state index in [4.69, 9.17) is 10.5 Å². The van der Waals surface area contributed by atoms with Crippen molar-refractivity contribution in [1.82, 2.24) is 15.0 Å². The molecule has 2 aromatic heterocycles. The van der Waals surface area contributed by atoms with E-state index in [0.717, 1.165) is 17.4 Å². The Morgan fingerprint density at radius 1 is 1.05 bits per heavy atom. The summed E-state index contributed by atoms with van der Waals surface area (Å²) in [4.78, 5) is 27.8. The lowest BCUT2D eigenvalue weighted by Crippen LogP contribution is -2.39. The number of benzene rings is 1. The molecule has 1 atom stereocenters. The Hall–Kier alpha value is -4.09. The van der Waals surface area contributed by atoms with Crippen LogP contribution in [0.15, 0.2) is 48.8 Å². The summed E-state index contributed by atoms with van der Waals surface area (Å²) < 4.78 is 45.8. The molecule has 0 aliphatic carbocycles. The maximum Gasteiger partial charge on any atom is 0.393 e. The van der Waals surface area contributed by atoms with Crippen LogP contribution in [0.3, 0.4) is 0 Å². The van der Waals surface area contributed by atoms with Crippen LogP contribution in [-0.2, 0) is 22.4 Å². The molecule has 0 aliphatic rings. The number of alkyl halides is 3.